The van der Waals surface area contributed by atoms with Gasteiger partial charge in [0.1, 0.15) is 0 Å². The van der Waals surface area contributed by atoms with Crippen LogP contribution in [0, 0.1) is 0 Å². The van der Waals surface area contributed by atoms with Crippen LogP contribution >= 0.6 is 24.0 Å². The summed E-state index contributed by atoms with van der Waals surface area (Å²) in [5, 5.41) is 0.356. The lowest BCUT2D eigenvalue weighted by molar-refractivity contribution is -0.134. The molecule has 1 aromatic carbocycles. The van der Waals surface area contributed by atoms with Gasteiger partial charge in [0.15, 0.2) is 5.75 Å². The van der Waals surface area contributed by atoms with Gasteiger partial charge in [-0.3, -0.25) is 4.79 Å². The van der Waals surface area contributed by atoms with Gasteiger partial charge in [0.05, 0.1) is 10.7 Å². The first-order valence-electron chi connectivity index (χ1n) is 4.39. The number of hydrogen-bond acceptors (Lipinski definition) is 3. The molecule has 0 aliphatic rings. The molecule has 84 valence electrons. The van der Waals surface area contributed by atoms with Crippen LogP contribution in [0.2, 0.25) is 5.02 Å². The molecule has 0 saturated heterocycles. The molecule has 0 aromatic heterocycles. The minimum absolute atomic E-state index is 0. The van der Waals surface area contributed by atoms with E-state index in [0.29, 0.717) is 17.1 Å². The van der Waals surface area contributed by atoms with Crippen molar-refractivity contribution < 1.29 is 9.53 Å². The Morgan fingerprint density at radius 1 is 1.53 bits per heavy atom. The molecule has 0 spiro atoms. The maximum absolute atomic E-state index is 11.2. The van der Waals surface area contributed by atoms with Crippen molar-refractivity contribution in [3.8, 4) is 5.75 Å². The lowest BCUT2D eigenvalue weighted by Gasteiger charge is -2.07. The molecule has 0 aliphatic heterocycles. The number of rotatable bonds is 3. The van der Waals surface area contributed by atoms with E-state index in [1.807, 2.05) is 6.92 Å². The van der Waals surface area contributed by atoms with Crippen LogP contribution in [0.3, 0.4) is 0 Å². The second-order valence-electron chi connectivity index (χ2n) is 2.88. The van der Waals surface area contributed by atoms with Gasteiger partial charge in [-0.2, -0.15) is 0 Å². The third-order valence-electron chi connectivity index (χ3n) is 1.67. The van der Waals surface area contributed by atoms with Crippen molar-refractivity contribution in [2.75, 3.05) is 5.73 Å². The Balaban J connectivity index is 0.00000196. The Bertz CT molecular complexity index is 322. The molecule has 0 radical (unpaired) electrons. The van der Waals surface area contributed by atoms with Crippen molar-refractivity contribution in [3.63, 3.8) is 0 Å². The van der Waals surface area contributed by atoms with Crippen LogP contribution in [0.4, 0.5) is 5.69 Å². The summed E-state index contributed by atoms with van der Waals surface area (Å²) in [6.45, 7) is 1.90. The summed E-state index contributed by atoms with van der Waals surface area (Å²) >= 11 is 5.82. The van der Waals surface area contributed by atoms with E-state index in [0.717, 1.165) is 6.42 Å². The Morgan fingerprint density at radius 2 is 2.20 bits per heavy atom. The number of nitrogens with two attached hydrogens (primary N) is 1. The highest BCUT2D eigenvalue weighted by Gasteiger charge is 2.10. The Labute approximate surface area is 100.0 Å². The second-order valence-corrected chi connectivity index (χ2v) is 3.29. The number of hydrogen-bond donors (Lipinski definition) is 1. The standard InChI is InChI=1S/C10H12ClNO2.ClH/c1-2-4-9(13)14-10-7(11)5-3-6-8(10)12;/h3,5-6H,2,4,12H2,1H3;1H. The van der Waals surface area contributed by atoms with Crippen LogP contribution in [-0.2, 0) is 4.79 Å². The third kappa shape index (κ3) is 3.98. The van der Waals surface area contributed by atoms with Crippen molar-refractivity contribution in [1.29, 1.82) is 0 Å². The van der Waals surface area contributed by atoms with Gasteiger partial charge >= 0.3 is 5.97 Å². The Kier molecular flexibility index (Phi) is 6.13. The number of carbonyl (C=O) groups is 1. The third-order valence-corrected chi connectivity index (χ3v) is 1.97. The fraction of sp³-hybridized carbons (Fsp3) is 0.300. The molecule has 0 saturated carbocycles. The second kappa shape index (κ2) is 6.53. The van der Waals surface area contributed by atoms with Gasteiger partial charge in [0.25, 0.3) is 0 Å². The van der Waals surface area contributed by atoms with Gasteiger partial charge in [-0.05, 0) is 18.6 Å². The predicted octanol–water partition coefficient (Wildman–Crippen LogP) is 3.05. The summed E-state index contributed by atoms with van der Waals surface area (Å²) in [7, 11) is 0. The molecular formula is C10H13Cl2NO2. The number of anilines is 1. The number of para-hydroxylation sites is 1. The number of halogens is 2. The first-order valence-corrected chi connectivity index (χ1v) is 4.77. The lowest BCUT2D eigenvalue weighted by Crippen LogP contribution is -2.08. The van der Waals surface area contributed by atoms with Gasteiger partial charge in [-0.25, -0.2) is 0 Å². The molecule has 5 heteroatoms. The quantitative estimate of drug-likeness (QED) is 0.509. The molecule has 0 bridgehead atoms. The van der Waals surface area contributed by atoms with Gasteiger partial charge < -0.3 is 10.5 Å². The monoisotopic (exact) mass is 249 g/mol. The Hall–Kier alpha value is -0.930. The van der Waals surface area contributed by atoms with E-state index >= 15 is 0 Å². The first kappa shape index (κ1) is 14.1. The molecular weight excluding hydrogens is 237 g/mol. The molecule has 2 N–H and O–H groups in total. The minimum atomic E-state index is -0.313. The first-order chi connectivity index (χ1) is 6.65. The molecule has 1 aromatic rings. The average molecular weight is 250 g/mol. The number of nitrogen functional groups attached to an aromatic ring is 1. The topological polar surface area (TPSA) is 52.3 Å². The molecule has 0 amide bonds. The summed E-state index contributed by atoms with van der Waals surface area (Å²) in [5.41, 5.74) is 5.98. The van der Waals surface area contributed by atoms with E-state index in [2.05, 4.69) is 0 Å². The smallest absolute Gasteiger partial charge is 0.311 e. The van der Waals surface area contributed by atoms with E-state index in [-0.39, 0.29) is 24.1 Å². The maximum Gasteiger partial charge on any atom is 0.311 e. The highest BCUT2D eigenvalue weighted by Crippen LogP contribution is 2.30. The maximum atomic E-state index is 11.2. The van der Waals surface area contributed by atoms with Gasteiger partial charge in [0.2, 0.25) is 0 Å². The number of carbonyl (C=O) groups excluding carboxylic acids is 1. The number of esters is 1. The van der Waals surface area contributed by atoms with Crippen molar-refractivity contribution in [2.24, 2.45) is 0 Å². The van der Waals surface area contributed by atoms with Crippen molar-refractivity contribution in [2.45, 2.75) is 19.8 Å². The number of ether oxygens (including phenoxy) is 1. The van der Waals surface area contributed by atoms with Crippen molar-refractivity contribution in [1.82, 2.24) is 0 Å². The minimum Gasteiger partial charge on any atom is -0.423 e. The van der Waals surface area contributed by atoms with Crippen LogP contribution in [0.25, 0.3) is 0 Å². The SMILES string of the molecule is CCCC(=O)Oc1c(N)cccc1Cl.Cl. The van der Waals surface area contributed by atoms with Crippen molar-refractivity contribution >= 4 is 35.7 Å². The lowest BCUT2D eigenvalue weighted by atomic mass is 10.3. The largest absolute Gasteiger partial charge is 0.423 e. The zero-order valence-corrected chi connectivity index (χ0v) is 9.90. The van der Waals surface area contributed by atoms with Crippen LogP contribution in [-0.4, -0.2) is 5.97 Å². The molecule has 1 rings (SSSR count). The summed E-state index contributed by atoms with van der Waals surface area (Å²) in [6.07, 6.45) is 1.11. The number of benzene rings is 1. The van der Waals surface area contributed by atoms with Gasteiger partial charge in [-0.15, -0.1) is 12.4 Å². The normalized spacial score (nSPS) is 9.20. The fourth-order valence-corrected chi connectivity index (χ4v) is 1.22. The predicted molar refractivity (Wildman–Crippen MR) is 63.7 cm³/mol. The average Bonchev–Trinajstić information content (AvgIpc) is 2.12. The highest BCUT2D eigenvalue weighted by molar-refractivity contribution is 6.32. The van der Waals surface area contributed by atoms with E-state index in [1.165, 1.54) is 0 Å². The molecule has 15 heavy (non-hydrogen) atoms. The summed E-state index contributed by atoms with van der Waals surface area (Å²) in [4.78, 5) is 11.2. The van der Waals surface area contributed by atoms with Crippen LogP contribution < -0.4 is 10.5 Å². The fourth-order valence-electron chi connectivity index (χ4n) is 1.00. The molecule has 0 aliphatic carbocycles. The molecule has 3 nitrogen and oxygen atoms in total. The van der Waals surface area contributed by atoms with Crippen LogP contribution in [0.5, 0.6) is 5.75 Å². The summed E-state index contributed by atoms with van der Waals surface area (Å²) in [5.74, 6) is -0.0556. The van der Waals surface area contributed by atoms with E-state index in [9.17, 15) is 4.79 Å². The highest BCUT2D eigenvalue weighted by atomic mass is 35.5. The van der Waals surface area contributed by atoms with Crippen LogP contribution in [0.1, 0.15) is 19.8 Å². The van der Waals surface area contributed by atoms with Crippen LogP contribution in [0.15, 0.2) is 18.2 Å². The van der Waals surface area contributed by atoms with E-state index in [1.54, 1.807) is 18.2 Å². The zero-order chi connectivity index (χ0) is 10.6. The molecule has 0 unspecified atom stereocenters. The molecule has 0 atom stereocenters. The molecule has 0 fully saturated rings. The summed E-state index contributed by atoms with van der Waals surface area (Å²) < 4.78 is 5.02. The van der Waals surface area contributed by atoms with E-state index < -0.39 is 0 Å². The van der Waals surface area contributed by atoms with Gasteiger partial charge in [0, 0.05) is 6.42 Å². The molecule has 0 heterocycles. The Morgan fingerprint density at radius 3 is 2.73 bits per heavy atom. The summed E-state index contributed by atoms with van der Waals surface area (Å²) in [6, 6.07) is 4.97. The van der Waals surface area contributed by atoms with E-state index in [4.69, 9.17) is 22.1 Å². The zero-order valence-electron chi connectivity index (χ0n) is 8.33. The van der Waals surface area contributed by atoms with Crippen molar-refractivity contribution in [3.05, 3.63) is 23.2 Å². The van der Waals surface area contributed by atoms with Gasteiger partial charge in [-0.1, -0.05) is 24.6 Å².